The van der Waals surface area contributed by atoms with Crippen molar-refractivity contribution in [2.75, 3.05) is 13.1 Å². The van der Waals surface area contributed by atoms with E-state index >= 15 is 0 Å². The second kappa shape index (κ2) is 9.10. The third-order valence-corrected chi connectivity index (χ3v) is 5.93. The van der Waals surface area contributed by atoms with Gasteiger partial charge in [-0.2, -0.15) is 18.4 Å². The molecule has 1 aliphatic rings. The van der Waals surface area contributed by atoms with Gasteiger partial charge in [-0.05, 0) is 55.7 Å². The molecule has 0 unspecified atom stereocenters. The number of nitrogens with zero attached hydrogens (tertiary/aromatic N) is 2. The standard InChI is InChI=1S/C25H25F3N4O/c1-14-8-15(2)21(9-20(14)23(31)22(16(3)30)10-25(26,27)28)24(33)32-12-19(13-32)18-6-4-17(11-29)5-7-18/h4-9,19,30H,10,12-13,31H2,1-3H3/b23-22-,30-16?. The van der Waals surface area contributed by atoms with E-state index in [1.165, 1.54) is 13.0 Å². The zero-order chi connectivity index (χ0) is 24.5. The van der Waals surface area contributed by atoms with Crippen LogP contribution in [-0.4, -0.2) is 35.8 Å². The minimum absolute atomic E-state index is 0.134. The lowest BCUT2D eigenvalue weighted by Crippen LogP contribution is -2.48. The number of hydrogen-bond donors (Lipinski definition) is 2. The van der Waals surface area contributed by atoms with E-state index in [2.05, 4.69) is 6.07 Å². The fraction of sp³-hybridized carbons (Fsp3) is 0.320. The molecule has 0 aromatic heterocycles. The summed E-state index contributed by atoms with van der Waals surface area (Å²) in [5.41, 5.74) is 9.10. The average Bonchev–Trinajstić information content (AvgIpc) is 2.70. The molecule has 2 aromatic rings. The van der Waals surface area contributed by atoms with Crippen LogP contribution in [0.15, 0.2) is 42.0 Å². The van der Waals surface area contributed by atoms with Crippen LogP contribution in [0, 0.1) is 30.6 Å². The van der Waals surface area contributed by atoms with Crippen LogP contribution in [0.3, 0.4) is 0 Å². The highest BCUT2D eigenvalue weighted by Gasteiger charge is 2.34. The maximum absolute atomic E-state index is 13.1. The summed E-state index contributed by atoms with van der Waals surface area (Å²) in [7, 11) is 0. The highest BCUT2D eigenvalue weighted by atomic mass is 19.4. The number of benzene rings is 2. The Kier molecular flexibility index (Phi) is 6.63. The van der Waals surface area contributed by atoms with Crippen molar-refractivity contribution >= 4 is 17.3 Å². The van der Waals surface area contributed by atoms with E-state index in [0.717, 1.165) is 5.56 Å². The van der Waals surface area contributed by atoms with Crippen molar-refractivity contribution < 1.29 is 18.0 Å². The third kappa shape index (κ3) is 5.25. The lowest BCUT2D eigenvalue weighted by molar-refractivity contribution is -0.126. The van der Waals surface area contributed by atoms with Gasteiger partial charge in [0, 0.05) is 47.1 Å². The van der Waals surface area contributed by atoms with Crippen molar-refractivity contribution in [2.45, 2.75) is 39.3 Å². The van der Waals surface area contributed by atoms with Gasteiger partial charge in [0.15, 0.2) is 0 Å². The quantitative estimate of drug-likeness (QED) is 0.617. The SMILES string of the molecule is CC(=N)/C(CC(F)(F)F)=C(\N)c1cc(C(=O)N2CC(c3ccc(C#N)cc3)C2)c(C)cc1C. The minimum atomic E-state index is -4.50. The Balaban J connectivity index is 1.87. The summed E-state index contributed by atoms with van der Waals surface area (Å²) in [6, 6.07) is 12.6. The summed E-state index contributed by atoms with van der Waals surface area (Å²) in [5, 5.41) is 16.7. The van der Waals surface area contributed by atoms with Gasteiger partial charge in [-0.25, -0.2) is 0 Å². The lowest BCUT2D eigenvalue weighted by atomic mass is 9.89. The summed E-state index contributed by atoms with van der Waals surface area (Å²) in [6.07, 6.45) is -5.80. The normalized spacial score (nSPS) is 14.9. The highest BCUT2D eigenvalue weighted by Crippen LogP contribution is 2.32. The van der Waals surface area contributed by atoms with E-state index in [1.54, 1.807) is 36.9 Å². The summed E-state index contributed by atoms with van der Waals surface area (Å²) in [6.45, 7) is 5.79. The van der Waals surface area contributed by atoms with Crippen LogP contribution in [-0.2, 0) is 0 Å². The van der Waals surface area contributed by atoms with Gasteiger partial charge in [0.05, 0.1) is 18.1 Å². The van der Waals surface area contributed by atoms with E-state index in [0.29, 0.717) is 40.9 Å². The van der Waals surface area contributed by atoms with Crippen LogP contribution in [0.2, 0.25) is 0 Å². The third-order valence-electron chi connectivity index (χ3n) is 5.93. The highest BCUT2D eigenvalue weighted by molar-refractivity contribution is 6.03. The molecule has 5 nitrogen and oxygen atoms in total. The first kappa shape index (κ1) is 24.1. The van der Waals surface area contributed by atoms with Crippen LogP contribution in [0.5, 0.6) is 0 Å². The second-order valence-electron chi connectivity index (χ2n) is 8.43. The molecule has 1 saturated heterocycles. The molecule has 0 atom stereocenters. The molecule has 1 aliphatic heterocycles. The second-order valence-corrected chi connectivity index (χ2v) is 8.43. The number of amides is 1. The molecule has 1 heterocycles. The predicted octanol–water partition coefficient (Wildman–Crippen LogP) is 5.08. The zero-order valence-electron chi connectivity index (χ0n) is 18.7. The summed E-state index contributed by atoms with van der Waals surface area (Å²) in [5.74, 6) is -0.0498. The fourth-order valence-corrected chi connectivity index (χ4v) is 4.02. The Bertz CT molecular complexity index is 1170. The van der Waals surface area contributed by atoms with Crippen molar-refractivity contribution in [1.82, 2.24) is 4.90 Å². The van der Waals surface area contributed by atoms with Crippen LogP contribution >= 0.6 is 0 Å². The Hall–Kier alpha value is -3.60. The van der Waals surface area contributed by atoms with E-state index in [9.17, 15) is 18.0 Å². The molecule has 172 valence electrons. The predicted molar refractivity (Wildman–Crippen MR) is 121 cm³/mol. The molecule has 0 aliphatic carbocycles. The van der Waals surface area contributed by atoms with Crippen LogP contribution in [0.25, 0.3) is 5.70 Å². The van der Waals surface area contributed by atoms with E-state index in [-0.39, 0.29) is 28.8 Å². The fourth-order valence-electron chi connectivity index (χ4n) is 4.02. The molecular weight excluding hydrogens is 429 g/mol. The van der Waals surface area contributed by atoms with Gasteiger partial charge in [-0.15, -0.1) is 0 Å². The minimum Gasteiger partial charge on any atom is -0.398 e. The number of aryl methyl sites for hydroxylation is 2. The van der Waals surface area contributed by atoms with Gasteiger partial charge in [0.1, 0.15) is 0 Å². The number of nitrogens with two attached hydrogens (primary N) is 1. The van der Waals surface area contributed by atoms with Crippen LogP contribution in [0.1, 0.15) is 57.4 Å². The van der Waals surface area contributed by atoms with Gasteiger partial charge in [0.25, 0.3) is 5.91 Å². The maximum Gasteiger partial charge on any atom is 0.393 e. The maximum atomic E-state index is 13.1. The number of hydrogen-bond acceptors (Lipinski definition) is 4. The number of alkyl halides is 3. The summed E-state index contributed by atoms with van der Waals surface area (Å²) in [4.78, 5) is 14.8. The molecule has 3 rings (SSSR count). The number of allylic oxidation sites excluding steroid dienone is 1. The Morgan fingerprint density at radius 2 is 1.73 bits per heavy atom. The Labute approximate surface area is 190 Å². The molecule has 3 N–H and O–H groups in total. The van der Waals surface area contributed by atoms with Gasteiger partial charge in [-0.1, -0.05) is 18.2 Å². The number of carbonyl (C=O) groups excluding carboxylic acids is 1. The molecule has 0 saturated carbocycles. The number of nitriles is 1. The molecular formula is C25H25F3N4O. The average molecular weight is 454 g/mol. The van der Waals surface area contributed by atoms with Gasteiger partial charge < -0.3 is 16.0 Å². The number of halogens is 3. The Morgan fingerprint density at radius 1 is 1.15 bits per heavy atom. The van der Waals surface area contributed by atoms with Crippen molar-refractivity contribution in [3.63, 3.8) is 0 Å². The first-order chi connectivity index (χ1) is 15.4. The smallest absolute Gasteiger partial charge is 0.393 e. The topological polar surface area (TPSA) is 94.0 Å². The molecule has 0 bridgehead atoms. The molecule has 1 fully saturated rings. The molecule has 1 amide bonds. The van der Waals surface area contributed by atoms with E-state index in [4.69, 9.17) is 16.4 Å². The molecule has 2 aromatic carbocycles. The lowest BCUT2D eigenvalue weighted by Gasteiger charge is -2.40. The summed E-state index contributed by atoms with van der Waals surface area (Å²) < 4.78 is 39.1. The van der Waals surface area contributed by atoms with E-state index < -0.39 is 12.6 Å². The van der Waals surface area contributed by atoms with Crippen LogP contribution in [0.4, 0.5) is 13.2 Å². The first-order valence-corrected chi connectivity index (χ1v) is 10.4. The molecule has 0 radical (unpaired) electrons. The monoisotopic (exact) mass is 454 g/mol. The molecule has 8 heteroatoms. The number of carbonyl (C=O) groups is 1. The number of likely N-dealkylation sites (tertiary alicyclic amines) is 1. The number of nitrogens with one attached hydrogen (secondary N) is 1. The molecule has 0 spiro atoms. The Morgan fingerprint density at radius 3 is 2.24 bits per heavy atom. The van der Waals surface area contributed by atoms with E-state index in [1.807, 2.05) is 12.1 Å². The van der Waals surface area contributed by atoms with Gasteiger partial charge in [0.2, 0.25) is 0 Å². The number of rotatable bonds is 5. The van der Waals surface area contributed by atoms with Crippen molar-refractivity contribution in [3.8, 4) is 6.07 Å². The van der Waals surface area contributed by atoms with Gasteiger partial charge in [-0.3, -0.25) is 4.79 Å². The van der Waals surface area contributed by atoms with Crippen molar-refractivity contribution in [2.24, 2.45) is 5.73 Å². The van der Waals surface area contributed by atoms with Gasteiger partial charge >= 0.3 is 6.18 Å². The van der Waals surface area contributed by atoms with Crippen molar-refractivity contribution in [1.29, 1.82) is 10.7 Å². The van der Waals surface area contributed by atoms with Crippen molar-refractivity contribution in [3.05, 3.63) is 75.4 Å². The summed E-state index contributed by atoms with van der Waals surface area (Å²) >= 11 is 0. The molecule has 33 heavy (non-hydrogen) atoms. The van der Waals surface area contributed by atoms with Crippen LogP contribution < -0.4 is 5.73 Å². The largest absolute Gasteiger partial charge is 0.398 e. The first-order valence-electron chi connectivity index (χ1n) is 10.4. The zero-order valence-corrected chi connectivity index (χ0v) is 18.7.